The normalized spacial score (nSPS) is 25.0. The van der Waals surface area contributed by atoms with Gasteiger partial charge in [0.25, 0.3) is 0 Å². The lowest BCUT2D eigenvalue weighted by Gasteiger charge is -2.33. The highest BCUT2D eigenvalue weighted by molar-refractivity contribution is 6.30. The molecule has 3 heteroatoms. The predicted molar refractivity (Wildman–Crippen MR) is 71.3 cm³/mol. The van der Waals surface area contributed by atoms with Gasteiger partial charge < -0.3 is 10.4 Å². The number of aliphatic hydroxyl groups is 1. The van der Waals surface area contributed by atoms with Gasteiger partial charge in [0, 0.05) is 11.1 Å². The molecule has 0 spiro atoms. The predicted octanol–water partition coefficient (Wildman–Crippen LogP) is 3.08. The average molecular weight is 254 g/mol. The Morgan fingerprint density at radius 1 is 1.35 bits per heavy atom. The van der Waals surface area contributed by atoms with Crippen LogP contribution in [0.5, 0.6) is 0 Å². The van der Waals surface area contributed by atoms with Gasteiger partial charge in [-0.25, -0.2) is 0 Å². The minimum atomic E-state index is -0.852. The number of halogens is 1. The summed E-state index contributed by atoms with van der Waals surface area (Å²) in [6.07, 6.45) is 4.63. The van der Waals surface area contributed by atoms with Crippen molar-refractivity contribution in [2.45, 2.75) is 44.2 Å². The van der Waals surface area contributed by atoms with Gasteiger partial charge in [-0.05, 0) is 44.0 Å². The van der Waals surface area contributed by atoms with Gasteiger partial charge in [-0.3, -0.25) is 0 Å². The van der Waals surface area contributed by atoms with Crippen molar-refractivity contribution >= 4 is 11.6 Å². The van der Waals surface area contributed by atoms with Crippen molar-refractivity contribution in [2.24, 2.45) is 0 Å². The third-order valence-corrected chi connectivity index (χ3v) is 3.88. The molecule has 0 radical (unpaired) electrons. The van der Waals surface area contributed by atoms with Gasteiger partial charge in [0.15, 0.2) is 0 Å². The summed E-state index contributed by atoms with van der Waals surface area (Å²) < 4.78 is 0. The Labute approximate surface area is 108 Å². The van der Waals surface area contributed by atoms with Crippen LogP contribution in [0.3, 0.4) is 0 Å². The van der Waals surface area contributed by atoms with Crippen LogP contribution in [-0.2, 0) is 5.60 Å². The van der Waals surface area contributed by atoms with Gasteiger partial charge in [-0.15, -0.1) is 0 Å². The average Bonchev–Trinajstić information content (AvgIpc) is 2.58. The lowest BCUT2D eigenvalue weighted by molar-refractivity contribution is 0.0136. The standard InChI is InChI=1S/C14H20ClNO/c1-14(17,11-6-5-7-12(15)10-11)13-8-3-2-4-9-16-13/h5-7,10,13,16-17H,2-4,8-9H2,1H3. The second-order valence-electron chi connectivity index (χ2n) is 5.01. The maximum Gasteiger partial charge on any atom is 0.102 e. The van der Waals surface area contributed by atoms with Crippen LogP contribution < -0.4 is 5.32 Å². The molecule has 0 bridgehead atoms. The van der Waals surface area contributed by atoms with Gasteiger partial charge in [-0.2, -0.15) is 0 Å². The van der Waals surface area contributed by atoms with Gasteiger partial charge in [-0.1, -0.05) is 36.6 Å². The van der Waals surface area contributed by atoms with Crippen molar-refractivity contribution in [2.75, 3.05) is 6.54 Å². The Kier molecular flexibility index (Phi) is 4.08. The van der Waals surface area contributed by atoms with E-state index in [9.17, 15) is 5.11 Å². The van der Waals surface area contributed by atoms with Crippen LogP contribution in [0.2, 0.25) is 5.02 Å². The molecule has 1 aromatic rings. The molecule has 2 atom stereocenters. The van der Waals surface area contributed by atoms with Crippen molar-refractivity contribution in [1.29, 1.82) is 0 Å². The molecule has 2 nitrogen and oxygen atoms in total. The van der Waals surface area contributed by atoms with E-state index in [1.807, 2.05) is 31.2 Å². The van der Waals surface area contributed by atoms with Crippen molar-refractivity contribution in [3.63, 3.8) is 0 Å². The molecule has 1 fully saturated rings. The molecule has 1 aliphatic heterocycles. The summed E-state index contributed by atoms with van der Waals surface area (Å²) in [6, 6.07) is 7.64. The highest BCUT2D eigenvalue weighted by atomic mass is 35.5. The van der Waals surface area contributed by atoms with E-state index < -0.39 is 5.60 Å². The Bertz CT molecular complexity index is 370. The SMILES string of the molecule is CC(O)(c1cccc(Cl)c1)C1CCCCCN1. The number of benzene rings is 1. The van der Waals surface area contributed by atoms with Gasteiger partial charge in [0.05, 0.1) is 0 Å². The van der Waals surface area contributed by atoms with E-state index in [-0.39, 0.29) is 6.04 Å². The van der Waals surface area contributed by atoms with Gasteiger partial charge in [0.1, 0.15) is 5.60 Å². The minimum Gasteiger partial charge on any atom is -0.384 e. The van der Waals surface area contributed by atoms with Crippen LogP contribution in [0.15, 0.2) is 24.3 Å². The van der Waals surface area contributed by atoms with Crippen molar-refractivity contribution in [3.8, 4) is 0 Å². The Morgan fingerprint density at radius 3 is 2.94 bits per heavy atom. The Balaban J connectivity index is 2.21. The number of nitrogens with one attached hydrogen (secondary N) is 1. The summed E-state index contributed by atoms with van der Waals surface area (Å²) in [6.45, 7) is 2.86. The van der Waals surface area contributed by atoms with E-state index >= 15 is 0 Å². The largest absolute Gasteiger partial charge is 0.384 e. The molecule has 0 aromatic heterocycles. The van der Waals surface area contributed by atoms with E-state index in [1.54, 1.807) is 0 Å². The molecule has 2 rings (SSSR count). The lowest BCUT2D eigenvalue weighted by atomic mass is 9.86. The van der Waals surface area contributed by atoms with Gasteiger partial charge >= 0.3 is 0 Å². The van der Waals surface area contributed by atoms with Crippen LogP contribution >= 0.6 is 11.6 Å². The first-order valence-corrected chi connectivity index (χ1v) is 6.70. The molecule has 0 amide bonds. The van der Waals surface area contributed by atoms with E-state index in [1.165, 1.54) is 19.3 Å². The summed E-state index contributed by atoms with van der Waals surface area (Å²) in [5.41, 5.74) is 0.0410. The Hall–Kier alpha value is -0.570. The van der Waals surface area contributed by atoms with Crippen LogP contribution in [0.4, 0.5) is 0 Å². The van der Waals surface area contributed by atoms with E-state index in [2.05, 4.69) is 5.32 Å². The van der Waals surface area contributed by atoms with E-state index in [0.717, 1.165) is 18.5 Å². The number of rotatable bonds is 2. The molecule has 94 valence electrons. The zero-order valence-electron chi connectivity index (χ0n) is 10.2. The first-order chi connectivity index (χ1) is 8.10. The highest BCUT2D eigenvalue weighted by Crippen LogP contribution is 2.30. The minimum absolute atomic E-state index is 0.114. The van der Waals surface area contributed by atoms with Crippen LogP contribution in [0, 0.1) is 0 Å². The number of hydrogen-bond donors (Lipinski definition) is 2. The fourth-order valence-electron chi connectivity index (χ4n) is 2.51. The van der Waals surface area contributed by atoms with E-state index in [4.69, 9.17) is 11.6 Å². The second kappa shape index (κ2) is 5.38. The maximum absolute atomic E-state index is 10.7. The third-order valence-electron chi connectivity index (χ3n) is 3.65. The fourth-order valence-corrected chi connectivity index (χ4v) is 2.70. The molecular formula is C14H20ClNO. The monoisotopic (exact) mass is 253 g/mol. The molecular weight excluding hydrogens is 234 g/mol. The van der Waals surface area contributed by atoms with Crippen LogP contribution in [-0.4, -0.2) is 17.7 Å². The molecule has 1 heterocycles. The molecule has 0 saturated carbocycles. The molecule has 2 N–H and O–H groups in total. The molecule has 1 aromatic carbocycles. The zero-order valence-corrected chi connectivity index (χ0v) is 11.0. The van der Waals surface area contributed by atoms with Crippen LogP contribution in [0.1, 0.15) is 38.2 Å². The molecule has 2 unspecified atom stereocenters. The lowest BCUT2D eigenvalue weighted by Crippen LogP contribution is -2.46. The molecule has 0 aliphatic carbocycles. The fraction of sp³-hybridized carbons (Fsp3) is 0.571. The summed E-state index contributed by atoms with van der Waals surface area (Å²) in [5.74, 6) is 0. The summed E-state index contributed by atoms with van der Waals surface area (Å²) in [5, 5.41) is 14.9. The summed E-state index contributed by atoms with van der Waals surface area (Å²) in [7, 11) is 0. The topological polar surface area (TPSA) is 32.3 Å². The van der Waals surface area contributed by atoms with Crippen LogP contribution in [0.25, 0.3) is 0 Å². The van der Waals surface area contributed by atoms with Gasteiger partial charge in [0.2, 0.25) is 0 Å². The Morgan fingerprint density at radius 2 is 2.18 bits per heavy atom. The first kappa shape index (κ1) is 12.9. The summed E-state index contributed by atoms with van der Waals surface area (Å²) >= 11 is 5.99. The molecule has 1 saturated heterocycles. The number of hydrogen-bond acceptors (Lipinski definition) is 2. The molecule has 1 aliphatic rings. The van der Waals surface area contributed by atoms with Crippen molar-refractivity contribution in [3.05, 3.63) is 34.9 Å². The first-order valence-electron chi connectivity index (χ1n) is 6.32. The maximum atomic E-state index is 10.7. The smallest absolute Gasteiger partial charge is 0.102 e. The molecule has 17 heavy (non-hydrogen) atoms. The quantitative estimate of drug-likeness (QED) is 0.849. The van der Waals surface area contributed by atoms with Crippen molar-refractivity contribution in [1.82, 2.24) is 5.32 Å². The zero-order chi connectivity index (χ0) is 12.3. The van der Waals surface area contributed by atoms with E-state index in [0.29, 0.717) is 5.02 Å². The van der Waals surface area contributed by atoms with Crippen molar-refractivity contribution < 1.29 is 5.11 Å². The third kappa shape index (κ3) is 3.01. The second-order valence-corrected chi connectivity index (χ2v) is 5.45. The summed E-state index contributed by atoms with van der Waals surface area (Å²) in [4.78, 5) is 0. The highest BCUT2D eigenvalue weighted by Gasteiger charge is 2.33.